The average Bonchev–Trinajstić information content (AvgIpc) is 2.60. The number of methoxy groups -OCH3 is 1. The zero-order chi connectivity index (χ0) is 19.3. The molecule has 0 spiro atoms. The summed E-state index contributed by atoms with van der Waals surface area (Å²) in [5, 5.41) is 13.7. The van der Waals surface area contributed by atoms with Gasteiger partial charge in [-0.2, -0.15) is 0 Å². The quantitative estimate of drug-likeness (QED) is 0.483. The molecule has 0 fully saturated rings. The Bertz CT molecular complexity index is 849. The number of hydrogen-bond acceptors (Lipinski definition) is 6. The van der Waals surface area contributed by atoms with E-state index in [1.54, 1.807) is 18.2 Å². The van der Waals surface area contributed by atoms with Gasteiger partial charge < -0.3 is 14.8 Å². The predicted octanol–water partition coefficient (Wildman–Crippen LogP) is 3.10. The molecular weight excluding hydrogens is 340 g/mol. The van der Waals surface area contributed by atoms with Crippen molar-refractivity contribution in [2.75, 3.05) is 12.4 Å². The molecule has 0 heterocycles. The van der Waals surface area contributed by atoms with Crippen LogP contribution in [0.1, 0.15) is 22.8 Å². The van der Waals surface area contributed by atoms with Crippen molar-refractivity contribution in [1.29, 1.82) is 0 Å². The van der Waals surface area contributed by atoms with E-state index in [0.717, 1.165) is 11.6 Å². The average molecular weight is 358 g/mol. The second-order valence-electron chi connectivity index (χ2n) is 5.55. The number of nitrogens with zero attached hydrogens (tertiary/aromatic N) is 1. The Morgan fingerprint density at radius 2 is 1.92 bits per heavy atom. The van der Waals surface area contributed by atoms with Crippen LogP contribution in [0.25, 0.3) is 0 Å². The van der Waals surface area contributed by atoms with Crippen LogP contribution in [-0.2, 0) is 9.53 Å². The molecule has 136 valence electrons. The number of nitrogens with one attached hydrogen (secondary N) is 1. The Balaban J connectivity index is 2.07. The smallest absolute Gasteiger partial charge is 0.339 e. The highest BCUT2D eigenvalue weighted by molar-refractivity contribution is 5.97. The van der Waals surface area contributed by atoms with Crippen LogP contribution in [0.5, 0.6) is 5.75 Å². The van der Waals surface area contributed by atoms with Gasteiger partial charge in [-0.05, 0) is 43.7 Å². The summed E-state index contributed by atoms with van der Waals surface area (Å²) in [5.74, 6) is -1.33. The summed E-state index contributed by atoms with van der Waals surface area (Å²) >= 11 is 0. The number of ether oxygens (including phenoxy) is 2. The van der Waals surface area contributed by atoms with Gasteiger partial charge in [0.2, 0.25) is 0 Å². The molecule has 1 amide bonds. The van der Waals surface area contributed by atoms with E-state index in [4.69, 9.17) is 9.47 Å². The van der Waals surface area contributed by atoms with Gasteiger partial charge in [0.1, 0.15) is 0 Å². The number of nitro benzene ring substituents is 1. The molecule has 26 heavy (non-hydrogen) atoms. The second-order valence-corrected chi connectivity index (χ2v) is 5.55. The number of anilines is 1. The van der Waals surface area contributed by atoms with Gasteiger partial charge in [0.25, 0.3) is 5.91 Å². The molecule has 1 N–H and O–H groups in total. The van der Waals surface area contributed by atoms with E-state index >= 15 is 0 Å². The summed E-state index contributed by atoms with van der Waals surface area (Å²) in [5.41, 5.74) is 1.14. The SMILES string of the molecule is COc1ccc(C(=O)O[C@H](C)C(=O)Nc2cccc(C)c2)cc1[N+](=O)[O-]. The predicted molar refractivity (Wildman–Crippen MR) is 94.3 cm³/mol. The first-order valence-electron chi connectivity index (χ1n) is 7.72. The molecule has 0 saturated heterocycles. The first kappa shape index (κ1) is 18.9. The fourth-order valence-electron chi connectivity index (χ4n) is 2.21. The van der Waals surface area contributed by atoms with Crippen LogP contribution < -0.4 is 10.1 Å². The van der Waals surface area contributed by atoms with E-state index in [9.17, 15) is 19.7 Å². The van der Waals surface area contributed by atoms with E-state index < -0.39 is 22.9 Å². The Morgan fingerprint density at radius 1 is 1.19 bits per heavy atom. The minimum absolute atomic E-state index is 0.0248. The lowest BCUT2D eigenvalue weighted by Crippen LogP contribution is -2.30. The maximum atomic E-state index is 12.2. The molecule has 1 atom stereocenters. The highest BCUT2D eigenvalue weighted by Gasteiger charge is 2.22. The highest BCUT2D eigenvalue weighted by atomic mass is 16.6. The first-order valence-corrected chi connectivity index (χ1v) is 7.72. The van der Waals surface area contributed by atoms with Gasteiger partial charge in [0, 0.05) is 11.8 Å². The Kier molecular flexibility index (Phi) is 5.90. The van der Waals surface area contributed by atoms with Crippen LogP contribution in [0.2, 0.25) is 0 Å². The van der Waals surface area contributed by atoms with Crippen LogP contribution in [0.15, 0.2) is 42.5 Å². The minimum Gasteiger partial charge on any atom is -0.490 e. The van der Waals surface area contributed by atoms with E-state index in [0.29, 0.717) is 5.69 Å². The molecule has 0 aliphatic heterocycles. The third-order valence-corrected chi connectivity index (χ3v) is 3.55. The lowest BCUT2D eigenvalue weighted by atomic mass is 10.2. The van der Waals surface area contributed by atoms with Crippen molar-refractivity contribution in [3.63, 3.8) is 0 Å². The maximum Gasteiger partial charge on any atom is 0.339 e. The van der Waals surface area contributed by atoms with Crippen LogP contribution in [0, 0.1) is 17.0 Å². The first-order chi connectivity index (χ1) is 12.3. The van der Waals surface area contributed by atoms with Crippen LogP contribution in [0.3, 0.4) is 0 Å². The normalized spacial score (nSPS) is 11.3. The topological polar surface area (TPSA) is 108 Å². The molecule has 2 rings (SSSR count). The zero-order valence-corrected chi connectivity index (χ0v) is 14.5. The summed E-state index contributed by atoms with van der Waals surface area (Å²) in [7, 11) is 1.29. The summed E-state index contributed by atoms with van der Waals surface area (Å²) < 4.78 is 9.97. The fraction of sp³-hybridized carbons (Fsp3) is 0.222. The van der Waals surface area contributed by atoms with Crippen molar-refractivity contribution in [2.45, 2.75) is 20.0 Å². The molecule has 0 aromatic heterocycles. The number of hydrogen-bond donors (Lipinski definition) is 1. The van der Waals surface area contributed by atoms with Crippen molar-refractivity contribution >= 4 is 23.3 Å². The Labute approximate surface area is 149 Å². The molecule has 0 bridgehead atoms. The van der Waals surface area contributed by atoms with Crippen molar-refractivity contribution in [3.05, 3.63) is 63.7 Å². The molecule has 2 aromatic rings. The van der Waals surface area contributed by atoms with Crippen LogP contribution in [0.4, 0.5) is 11.4 Å². The third-order valence-electron chi connectivity index (χ3n) is 3.55. The lowest BCUT2D eigenvalue weighted by molar-refractivity contribution is -0.385. The van der Waals surface area contributed by atoms with Crippen molar-refractivity contribution < 1.29 is 24.0 Å². The van der Waals surface area contributed by atoms with Gasteiger partial charge in [0.05, 0.1) is 17.6 Å². The zero-order valence-electron chi connectivity index (χ0n) is 14.5. The summed E-state index contributed by atoms with van der Waals surface area (Å²) in [4.78, 5) is 34.7. The number of carbonyl (C=O) groups excluding carboxylic acids is 2. The highest BCUT2D eigenvalue weighted by Crippen LogP contribution is 2.27. The number of rotatable bonds is 6. The standard InChI is InChI=1S/C18H18N2O6/c1-11-5-4-6-14(9-11)19-17(21)12(2)26-18(22)13-7-8-16(25-3)15(10-13)20(23)24/h4-10,12H,1-3H3,(H,19,21)/t12-/m1/s1. The van der Waals surface area contributed by atoms with Gasteiger partial charge in [-0.1, -0.05) is 12.1 Å². The monoisotopic (exact) mass is 358 g/mol. The van der Waals surface area contributed by atoms with Gasteiger partial charge in [-0.3, -0.25) is 14.9 Å². The third kappa shape index (κ3) is 4.56. The summed E-state index contributed by atoms with van der Waals surface area (Å²) in [6.07, 6.45) is -1.08. The fourth-order valence-corrected chi connectivity index (χ4v) is 2.21. The number of nitro groups is 1. The number of carbonyl (C=O) groups is 2. The Morgan fingerprint density at radius 3 is 2.54 bits per heavy atom. The van der Waals surface area contributed by atoms with E-state index in [-0.39, 0.29) is 17.0 Å². The molecule has 0 aliphatic carbocycles. The van der Waals surface area contributed by atoms with Gasteiger partial charge >= 0.3 is 11.7 Å². The number of aryl methyl sites for hydroxylation is 1. The number of amides is 1. The summed E-state index contributed by atoms with van der Waals surface area (Å²) in [6.45, 7) is 3.30. The largest absolute Gasteiger partial charge is 0.490 e. The van der Waals surface area contributed by atoms with E-state index in [2.05, 4.69) is 5.32 Å². The lowest BCUT2D eigenvalue weighted by Gasteiger charge is -2.14. The molecular formula is C18H18N2O6. The summed E-state index contributed by atoms with van der Waals surface area (Å²) in [6, 6.07) is 10.8. The number of esters is 1. The van der Waals surface area contributed by atoms with E-state index in [1.807, 2.05) is 13.0 Å². The molecule has 8 nitrogen and oxygen atoms in total. The molecule has 0 aliphatic rings. The maximum absolute atomic E-state index is 12.2. The number of benzene rings is 2. The Hall–Kier alpha value is -3.42. The van der Waals surface area contributed by atoms with E-state index in [1.165, 1.54) is 26.2 Å². The van der Waals surface area contributed by atoms with Crippen molar-refractivity contribution in [2.24, 2.45) is 0 Å². The van der Waals surface area contributed by atoms with Crippen molar-refractivity contribution in [1.82, 2.24) is 0 Å². The second kappa shape index (κ2) is 8.11. The van der Waals surface area contributed by atoms with Crippen LogP contribution >= 0.6 is 0 Å². The minimum atomic E-state index is -1.08. The van der Waals surface area contributed by atoms with Gasteiger partial charge in [-0.25, -0.2) is 4.79 Å². The van der Waals surface area contributed by atoms with Gasteiger partial charge in [-0.15, -0.1) is 0 Å². The molecule has 0 unspecified atom stereocenters. The van der Waals surface area contributed by atoms with Gasteiger partial charge in [0.15, 0.2) is 11.9 Å². The molecule has 0 radical (unpaired) electrons. The molecule has 2 aromatic carbocycles. The molecule has 8 heteroatoms. The molecule has 0 saturated carbocycles. The van der Waals surface area contributed by atoms with Crippen LogP contribution in [-0.4, -0.2) is 30.0 Å². The van der Waals surface area contributed by atoms with Crippen molar-refractivity contribution in [3.8, 4) is 5.75 Å².